The number of sulfone groups is 1. The van der Waals surface area contributed by atoms with Gasteiger partial charge in [0.2, 0.25) is 5.91 Å². The minimum Gasteiger partial charge on any atom is -0.484 e. The van der Waals surface area contributed by atoms with Crippen LogP contribution in [0.25, 0.3) is 0 Å². The van der Waals surface area contributed by atoms with Crippen LogP contribution in [-0.4, -0.2) is 62.4 Å². The van der Waals surface area contributed by atoms with Gasteiger partial charge in [-0.05, 0) is 25.5 Å². The zero-order chi connectivity index (χ0) is 18.4. The third kappa shape index (κ3) is 6.04. The molecule has 0 aromatic heterocycles. The van der Waals surface area contributed by atoms with Gasteiger partial charge >= 0.3 is 0 Å². The first-order valence-corrected chi connectivity index (χ1v) is 10.0. The molecule has 1 heterocycles. The molecule has 0 bridgehead atoms. The minimum atomic E-state index is -3.06. The average molecular weight is 368 g/mol. The number of ether oxygens (including phenoxy) is 1. The van der Waals surface area contributed by atoms with Gasteiger partial charge in [0.1, 0.15) is 5.75 Å². The van der Waals surface area contributed by atoms with Gasteiger partial charge < -0.3 is 15.0 Å². The van der Waals surface area contributed by atoms with Crippen LogP contribution >= 0.6 is 0 Å². The van der Waals surface area contributed by atoms with Crippen LogP contribution in [0.2, 0.25) is 0 Å². The SMILES string of the molecule is CC(=O)N(CCNC(=O)COc1ccc(C)cc1)C1CCS(=O)(=O)C1. The Bertz CT molecular complexity index is 715. The summed E-state index contributed by atoms with van der Waals surface area (Å²) in [4.78, 5) is 25.1. The lowest BCUT2D eigenvalue weighted by Crippen LogP contribution is -2.44. The van der Waals surface area contributed by atoms with E-state index in [1.807, 2.05) is 19.1 Å². The van der Waals surface area contributed by atoms with Crippen molar-refractivity contribution < 1.29 is 22.7 Å². The molecule has 0 aliphatic carbocycles. The van der Waals surface area contributed by atoms with E-state index in [-0.39, 0.29) is 49.1 Å². The second-order valence-electron chi connectivity index (χ2n) is 6.22. The first-order chi connectivity index (χ1) is 11.8. The summed E-state index contributed by atoms with van der Waals surface area (Å²) >= 11 is 0. The maximum Gasteiger partial charge on any atom is 0.258 e. The topological polar surface area (TPSA) is 92.8 Å². The highest BCUT2D eigenvalue weighted by Crippen LogP contribution is 2.17. The largest absolute Gasteiger partial charge is 0.484 e. The van der Waals surface area contributed by atoms with Crippen molar-refractivity contribution in [1.29, 1.82) is 0 Å². The van der Waals surface area contributed by atoms with Gasteiger partial charge in [0.05, 0.1) is 11.5 Å². The molecule has 0 radical (unpaired) electrons. The summed E-state index contributed by atoms with van der Waals surface area (Å²) in [6.07, 6.45) is 0.451. The number of hydrogen-bond acceptors (Lipinski definition) is 5. The quantitative estimate of drug-likeness (QED) is 0.758. The smallest absolute Gasteiger partial charge is 0.258 e. The molecule has 1 aliphatic rings. The van der Waals surface area contributed by atoms with E-state index in [4.69, 9.17) is 4.74 Å². The normalized spacial score (nSPS) is 18.6. The lowest BCUT2D eigenvalue weighted by molar-refractivity contribution is -0.131. The highest BCUT2D eigenvalue weighted by molar-refractivity contribution is 7.91. The van der Waals surface area contributed by atoms with Crippen LogP contribution in [0.15, 0.2) is 24.3 Å². The predicted octanol–water partition coefficient (Wildman–Crippen LogP) is 0.526. The molecule has 8 heteroatoms. The van der Waals surface area contributed by atoms with Crippen LogP contribution in [0, 0.1) is 6.92 Å². The molecule has 2 amide bonds. The maximum absolute atomic E-state index is 11.8. The Morgan fingerprint density at radius 1 is 1.28 bits per heavy atom. The third-order valence-corrected chi connectivity index (χ3v) is 5.87. The molecule has 1 unspecified atom stereocenters. The van der Waals surface area contributed by atoms with Crippen LogP contribution in [0.4, 0.5) is 0 Å². The van der Waals surface area contributed by atoms with Crippen molar-refractivity contribution in [3.8, 4) is 5.75 Å². The molecule has 1 saturated heterocycles. The van der Waals surface area contributed by atoms with Crippen molar-refractivity contribution in [2.75, 3.05) is 31.2 Å². The molecule has 1 fully saturated rings. The summed E-state index contributed by atoms with van der Waals surface area (Å²) < 4.78 is 28.5. The molecule has 1 atom stereocenters. The van der Waals surface area contributed by atoms with Crippen LogP contribution < -0.4 is 10.1 Å². The van der Waals surface area contributed by atoms with Crippen LogP contribution in [0.1, 0.15) is 18.9 Å². The fourth-order valence-corrected chi connectivity index (χ4v) is 4.50. The van der Waals surface area contributed by atoms with E-state index in [0.717, 1.165) is 5.56 Å². The van der Waals surface area contributed by atoms with Gasteiger partial charge in [0.25, 0.3) is 5.91 Å². The Kier molecular flexibility index (Phi) is 6.41. The van der Waals surface area contributed by atoms with Gasteiger partial charge in [-0.3, -0.25) is 9.59 Å². The van der Waals surface area contributed by atoms with Crippen molar-refractivity contribution in [2.24, 2.45) is 0 Å². The molecule has 138 valence electrons. The van der Waals surface area contributed by atoms with Crippen LogP contribution in [0.5, 0.6) is 5.75 Å². The Hall–Kier alpha value is -2.09. The fourth-order valence-electron chi connectivity index (χ4n) is 2.77. The Morgan fingerprint density at radius 3 is 2.52 bits per heavy atom. The van der Waals surface area contributed by atoms with Gasteiger partial charge in [-0.15, -0.1) is 0 Å². The number of carbonyl (C=O) groups excluding carboxylic acids is 2. The molecular formula is C17H24N2O5S. The Labute approximate surface area is 148 Å². The third-order valence-electron chi connectivity index (χ3n) is 4.12. The van der Waals surface area contributed by atoms with Crippen LogP contribution in [0.3, 0.4) is 0 Å². The number of nitrogens with zero attached hydrogens (tertiary/aromatic N) is 1. The van der Waals surface area contributed by atoms with E-state index >= 15 is 0 Å². The van der Waals surface area contributed by atoms with Gasteiger partial charge in [-0.25, -0.2) is 8.42 Å². The summed E-state index contributed by atoms with van der Waals surface area (Å²) in [6.45, 7) is 3.80. The zero-order valence-electron chi connectivity index (χ0n) is 14.5. The minimum absolute atomic E-state index is 0.00292. The van der Waals surface area contributed by atoms with E-state index in [1.54, 1.807) is 12.1 Å². The van der Waals surface area contributed by atoms with Gasteiger partial charge in [0.15, 0.2) is 16.4 Å². The molecular weight excluding hydrogens is 344 g/mol. The molecule has 1 aromatic carbocycles. The molecule has 25 heavy (non-hydrogen) atoms. The highest BCUT2D eigenvalue weighted by Gasteiger charge is 2.33. The number of hydrogen-bond donors (Lipinski definition) is 1. The number of benzene rings is 1. The van der Waals surface area contributed by atoms with E-state index in [0.29, 0.717) is 12.2 Å². The van der Waals surface area contributed by atoms with E-state index in [9.17, 15) is 18.0 Å². The number of carbonyl (C=O) groups is 2. The molecule has 0 saturated carbocycles. The predicted molar refractivity (Wildman–Crippen MR) is 94.1 cm³/mol. The molecule has 2 rings (SSSR count). The fraction of sp³-hybridized carbons (Fsp3) is 0.529. The van der Waals surface area contributed by atoms with Crippen molar-refractivity contribution in [3.63, 3.8) is 0 Å². The monoisotopic (exact) mass is 368 g/mol. The number of aryl methyl sites for hydroxylation is 1. The summed E-state index contributed by atoms with van der Waals surface area (Å²) in [5.41, 5.74) is 1.11. The summed E-state index contributed by atoms with van der Waals surface area (Å²) in [7, 11) is -3.06. The molecule has 1 N–H and O–H groups in total. The van der Waals surface area contributed by atoms with Gasteiger partial charge in [-0.1, -0.05) is 17.7 Å². The first-order valence-electron chi connectivity index (χ1n) is 8.20. The van der Waals surface area contributed by atoms with Crippen molar-refractivity contribution in [3.05, 3.63) is 29.8 Å². The zero-order valence-corrected chi connectivity index (χ0v) is 15.3. The van der Waals surface area contributed by atoms with Crippen molar-refractivity contribution in [1.82, 2.24) is 10.2 Å². The van der Waals surface area contributed by atoms with Gasteiger partial charge in [0, 0.05) is 26.1 Å². The van der Waals surface area contributed by atoms with Crippen molar-refractivity contribution in [2.45, 2.75) is 26.3 Å². The van der Waals surface area contributed by atoms with E-state index in [2.05, 4.69) is 5.32 Å². The number of amides is 2. The van der Waals surface area contributed by atoms with Crippen LogP contribution in [-0.2, 0) is 19.4 Å². The Morgan fingerprint density at radius 2 is 1.96 bits per heavy atom. The lowest BCUT2D eigenvalue weighted by atomic mass is 10.2. The summed E-state index contributed by atoms with van der Waals surface area (Å²) in [5, 5.41) is 2.69. The Balaban J connectivity index is 1.74. The standard InChI is InChI=1S/C17H24N2O5S/c1-13-3-5-16(6-4-13)24-11-17(21)18-8-9-19(14(2)20)15-7-10-25(22,23)12-15/h3-6,15H,7-12H2,1-2H3,(H,18,21). The van der Waals surface area contributed by atoms with Crippen molar-refractivity contribution >= 4 is 21.7 Å². The van der Waals surface area contributed by atoms with Gasteiger partial charge in [-0.2, -0.15) is 0 Å². The molecule has 1 aromatic rings. The summed E-state index contributed by atoms with van der Waals surface area (Å²) in [6, 6.07) is 7.07. The maximum atomic E-state index is 11.8. The molecule has 7 nitrogen and oxygen atoms in total. The molecule has 1 aliphatic heterocycles. The first kappa shape index (κ1) is 19.2. The number of rotatable bonds is 7. The average Bonchev–Trinajstić information content (AvgIpc) is 2.90. The highest BCUT2D eigenvalue weighted by atomic mass is 32.2. The van der Waals surface area contributed by atoms with E-state index < -0.39 is 9.84 Å². The summed E-state index contributed by atoms with van der Waals surface area (Å²) in [5.74, 6) is 0.243. The second kappa shape index (κ2) is 8.33. The number of nitrogens with one attached hydrogen (secondary N) is 1. The lowest BCUT2D eigenvalue weighted by Gasteiger charge is -2.27. The molecule has 0 spiro atoms. The second-order valence-corrected chi connectivity index (χ2v) is 8.45. The van der Waals surface area contributed by atoms with E-state index in [1.165, 1.54) is 11.8 Å².